The fraction of sp³-hybridized carbons (Fsp3) is 0.500. The molecule has 0 atom stereocenters. The summed E-state index contributed by atoms with van der Waals surface area (Å²) in [5.74, 6) is -0.135. The van der Waals surface area contributed by atoms with Crippen LogP contribution in [0.15, 0.2) is 29.2 Å². The fourth-order valence-corrected chi connectivity index (χ4v) is 3.45. The predicted octanol–water partition coefficient (Wildman–Crippen LogP) is 2.75. The van der Waals surface area contributed by atoms with Gasteiger partial charge in [-0.3, -0.25) is 0 Å². The number of likely N-dealkylation sites (N-methyl/N-ethyl adjacent to an activating group) is 1. The number of hydrogen-bond acceptors (Lipinski definition) is 10. The minimum absolute atomic E-state index is 0.0570. The third-order valence-corrected chi connectivity index (χ3v) is 5.35. The van der Waals surface area contributed by atoms with E-state index in [9.17, 15) is 18.0 Å². The number of aromatic nitrogens is 3. The van der Waals surface area contributed by atoms with Crippen LogP contribution in [0, 0.1) is 0 Å². The monoisotopic (exact) mass is 482 g/mol. The van der Waals surface area contributed by atoms with Crippen molar-refractivity contribution in [3.8, 4) is 0 Å². The Morgan fingerprint density at radius 1 is 1.18 bits per heavy atom. The van der Waals surface area contributed by atoms with Crippen LogP contribution in [-0.2, 0) is 10.9 Å². The lowest BCUT2D eigenvalue weighted by Crippen LogP contribution is -2.44. The van der Waals surface area contributed by atoms with Gasteiger partial charge in [0.1, 0.15) is 17.6 Å². The second-order valence-electron chi connectivity index (χ2n) is 7.87. The number of ether oxygens (including phenoxy) is 1. The smallest absolute Gasteiger partial charge is 0.421 e. The van der Waals surface area contributed by atoms with E-state index < -0.39 is 17.8 Å². The van der Waals surface area contributed by atoms with Crippen molar-refractivity contribution in [2.24, 2.45) is 0 Å². The molecule has 0 saturated carbocycles. The van der Waals surface area contributed by atoms with Gasteiger partial charge < -0.3 is 34.5 Å². The Morgan fingerprint density at radius 2 is 1.97 bits per heavy atom. The topological polar surface area (TPSA) is 112 Å². The lowest BCUT2D eigenvalue weighted by Gasteiger charge is -2.31. The van der Waals surface area contributed by atoms with E-state index >= 15 is 0 Å². The molecule has 0 unspecified atom stereocenters. The summed E-state index contributed by atoms with van der Waals surface area (Å²) in [6.45, 7) is 4.13. The van der Waals surface area contributed by atoms with Crippen molar-refractivity contribution in [2.75, 3.05) is 68.4 Å². The first kappa shape index (κ1) is 23.6. The van der Waals surface area contributed by atoms with E-state index in [0.29, 0.717) is 31.7 Å². The molecule has 1 fully saturated rings. The normalized spacial score (nSPS) is 17.1. The van der Waals surface area contributed by atoms with Crippen LogP contribution in [0.2, 0.25) is 0 Å². The van der Waals surface area contributed by atoms with Gasteiger partial charge in [0.25, 0.3) is 6.01 Å². The molecule has 2 aliphatic heterocycles. The van der Waals surface area contributed by atoms with Gasteiger partial charge in [-0.25, -0.2) is 9.78 Å². The number of rotatable bonds is 8. The second-order valence-corrected chi connectivity index (χ2v) is 7.87. The third-order valence-electron chi connectivity index (χ3n) is 5.35. The number of alkyl halides is 3. The Hall–Kier alpha value is -3.55. The molecule has 0 bridgehead atoms. The summed E-state index contributed by atoms with van der Waals surface area (Å²) in [6.07, 6.45) is 0.342. The highest BCUT2D eigenvalue weighted by molar-refractivity contribution is 5.69. The number of halogens is 3. The molecule has 2 aromatic rings. The number of carbonyl (C=O) groups excluding carboxylic acids is 1. The van der Waals surface area contributed by atoms with Crippen molar-refractivity contribution in [3.63, 3.8) is 0 Å². The van der Waals surface area contributed by atoms with Crippen LogP contribution in [0.25, 0.3) is 0 Å². The number of amides is 1. The van der Waals surface area contributed by atoms with E-state index in [0.717, 1.165) is 26.2 Å². The van der Waals surface area contributed by atoms with Gasteiger partial charge in [-0.15, -0.1) is 0 Å². The summed E-state index contributed by atoms with van der Waals surface area (Å²) in [5, 5.41) is 5.49. The minimum atomic E-state index is -4.63. The Morgan fingerprint density at radius 3 is 2.71 bits per heavy atom. The first-order valence-electron chi connectivity index (χ1n) is 10.7. The van der Waals surface area contributed by atoms with Crippen LogP contribution in [-0.4, -0.2) is 83.7 Å². The highest BCUT2D eigenvalue weighted by Gasteiger charge is 2.35. The van der Waals surface area contributed by atoms with Gasteiger partial charge >= 0.3 is 12.3 Å². The molecular weight excluding hydrogens is 457 g/mol. The fourth-order valence-electron chi connectivity index (χ4n) is 3.45. The van der Waals surface area contributed by atoms with Crippen LogP contribution < -0.4 is 15.5 Å². The van der Waals surface area contributed by atoms with Gasteiger partial charge in [0.2, 0.25) is 5.95 Å². The predicted molar refractivity (Wildman–Crippen MR) is 117 cm³/mol. The standard InChI is InChI=1S/C20H25F3N8O3/c1-29-7-9-30(10-8-29)18-27-15(13-34-18)26-17-25-12-14(20(21,22)23)16(28-17)24-4-2-5-31-6-3-11-33-19(31)32/h3,11-13H,2,4-10H2,1H3,(H2,24,25,26,28). The van der Waals surface area contributed by atoms with Gasteiger partial charge in [0, 0.05) is 52.0 Å². The second kappa shape index (κ2) is 10.2. The Balaban J connectivity index is 1.39. The molecule has 1 amide bonds. The highest BCUT2D eigenvalue weighted by Crippen LogP contribution is 2.34. The minimum Gasteiger partial charge on any atom is -0.430 e. The van der Waals surface area contributed by atoms with Crippen molar-refractivity contribution in [3.05, 3.63) is 30.4 Å². The zero-order valence-corrected chi connectivity index (χ0v) is 18.5. The molecule has 2 aliphatic rings. The number of carbonyl (C=O) groups is 1. The molecule has 4 rings (SSSR count). The molecule has 184 valence electrons. The molecule has 34 heavy (non-hydrogen) atoms. The quantitative estimate of drug-likeness (QED) is 0.545. The number of cyclic esters (lactones) is 1. The molecule has 1 saturated heterocycles. The van der Waals surface area contributed by atoms with E-state index in [4.69, 9.17) is 9.15 Å². The average Bonchev–Trinajstić information content (AvgIpc) is 3.26. The van der Waals surface area contributed by atoms with E-state index in [1.165, 1.54) is 17.4 Å². The van der Waals surface area contributed by atoms with Gasteiger partial charge in [-0.05, 0) is 19.5 Å². The summed E-state index contributed by atoms with van der Waals surface area (Å²) in [4.78, 5) is 29.4. The van der Waals surface area contributed by atoms with Crippen LogP contribution in [0.4, 0.5) is 41.6 Å². The molecule has 14 heteroatoms. The number of piperazine rings is 1. The SMILES string of the molecule is CN1CCN(c2nc(Nc3ncc(C(F)(F)F)c(NCCCN4CC=COC4=O)n3)co2)CC1. The van der Waals surface area contributed by atoms with E-state index in [2.05, 4.69) is 30.5 Å². The molecular formula is C20H25F3N8O3. The molecule has 2 aromatic heterocycles. The van der Waals surface area contributed by atoms with Crippen LogP contribution >= 0.6 is 0 Å². The van der Waals surface area contributed by atoms with Gasteiger partial charge in [-0.2, -0.15) is 23.1 Å². The van der Waals surface area contributed by atoms with E-state index in [1.807, 2.05) is 11.9 Å². The Labute approximate surface area is 193 Å². The Kier molecular flexibility index (Phi) is 7.05. The first-order valence-corrected chi connectivity index (χ1v) is 10.7. The third kappa shape index (κ3) is 5.87. The summed E-state index contributed by atoms with van der Waals surface area (Å²) in [6, 6.07) is 0.423. The first-order chi connectivity index (χ1) is 16.3. The van der Waals surface area contributed by atoms with Crippen LogP contribution in [0.5, 0.6) is 0 Å². The molecule has 0 aliphatic carbocycles. The molecule has 11 nitrogen and oxygen atoms in total. The van der Waals surface area contributed by atoms with Crippen LogP contribution in [0.1, 0.15) is 12.0 Å². The summed E-state index contributed by atoms with van der Waals surface area (Å²) >= 11 is 0. The van der Waals surface area contributed by atoms with Gasteiger partial charge in [0.05, 0.1) is 6.26 Å². The van der Waals surface area contributed by atoms with E-state index in [1.54, 1.807) is 6.08 Å². The largest absolute Gasteiger partial charge is 0.430 e. The van der Waals surface area contributed by atoms with Gasteiger partial charge in [0.15, 0.2) is 5.82 Å². The van der Waals surface area contributed by atoms with Gasteiger partial charge in [-0.1, -0.05) is 0 Å². The summed E-state index contributed by atoms with van der Waals surface area (Å²) in [5.41, 5.74) is -0.989. The van der Waals surface area contributed by atoms with Crippen molar-refractivity contribution < 1.29 is 27.1 Å². The van der Waals surface area contributed by atoms with Crippen LogP contribution in [0.3, 0.4) is 0 Å². The molecule has 4 heterocycles. The molecule has 0 radical (unpaired) electrons. The van der Waals surface area contributed by atoms with Crippen molar-refractivity contribution >= 4 is 29.7 Å². The van der Waals surface area contributed by atoms with Crippen molar-refractivity contribution in [2.45, 2.75) is 12.6 Å². The Bertz CT molecular complexity index is 1020. The van der Waals surface area contributed by atoms with Crippen molar-refractivity contribution in [1.82, 2.24) is 24.8 Å². The molecule has 2 N–H and O–H groups in total. The maximum Gasteiger partial charge on any atom is 0.421 e. The summed E-state index contributed by atoms with van der Waals surface area (Å²) in [7, 11) is 2.03. The zero-order chi connectivity index (χ0) is 24.1. The maximum absolute atomic E-state index is 13.4. The summed E-state index contributed by atoms with van der Waals surface area (Å²) < 4.78 is 50.6. The number of oxazole rings is 1. The van der Waals surface area contributed by atoms with Crippen molar-refractivity contribution in [1.29, 1.82) is 0 Å². The van der Waals surface area contributed by atoms with E-state index in [-0.39, 0.29) is 24.1 Å². The lowest BCUT2D eigenvalue weighted by molar-refractivity contribution is -0.137. The zero-order valence-electron chi connectivity index (χ0n) is 18.5. The lowest BCUT2D eigenvalue weighted by atomic mass is 10.3. The average molecular weight is 482 g/mol. The number of nitrogens with zero attached hydrogens (tertiary/aromatic N) is 6. The highest BCUT2D eigenvalue weighted by atomic mass is 19.4. The number of hydrogen-bond donors (Lipinski definition) is 2. The maximum atomic E-state index is 13.4. The molecule has 0 aromatic carbocycles. The number of anilines is 4. The number of nitrogens with one attached hydrogen (secondary N) is 2. The molecule has 0 spiro atoms.